The third-order valence-electron chi connectivity index (χ3n) is 9.29. The maximum Gasteiger partial charge on any atom is 0.119 e. The summed E-state index contributed by atoms with van der Waals surface area (Å²) >= 11 is 0. The van der Waals surface area contributed by atoms with Crippen molar-refractivity contribution in [2.75, 3.05) is 13.2 Å². The van der Waals surface area contributed by atoms with Crippen molar-refractivity contribution in [3.05, 3.63) is 179 Å². The average Bonchev–Trinajstić information content (AvgIpc) is 3.49. The van der Waals surface area contributed by atoms with E-state index >= 15 is 0 Å². The Morgan fingerprint density at radius 2 is 0.808 bits per heavy atom. The zero-order valence-corrected chi connectivity index (χ0v) is 30.3. The van der Waals surface area contributed by atoms with Gasteiger partial charge in [-0.3, -0.25) is 0 Å². The second kappa shape index (κ2) is 19.2. The second-order valence-electron chi connectivity index (χ2n) is 12.3. The Hall–Kier alpha value is -5.48. The molecule has 0 spiro atoms. The van der Waals surface area contributed by atoms with Gasteiger partial charge in [-0.15, -0.1) is 0 Å². The number of ether oxygens (including phenoxy) is 2. The number of phenolic OH excluding ortho intramolecular Hbond substituents is 2. The fourth-order valence-corrected chi connectivity index (χ4v) is 6.67. The molecule has 0 saturated heterocycles. The van der Waals surface area contributed by atoms with Gasteiger partial charge in [0.05, 0.1) is 18.6 Å². The van der Waals surface area contributed by atoms with E-state index in [2.05, 4.69) is 86.6 Å². The lowest BCUT2D eigenvalue weighted by molar-refractivity contribution is 0.266. The Morgan fingerprint density at radius 3 is 1.15 bits per heavy atom. The number of unbranched alkanes of at least 4 members (excludes halogenated alkanes) is 1. The molecule has 6 aromatic carbocycles. The molecule has 4 nitrogen and oxygen atoms in total. The highest BCUT2D eigenvalue weighted by molar-refractivity contribution is 5.86. The van der Waals surface area contributed by atoms with Crippen molar-refractivity contribution < 1.29 is 19.7 Å². The van der Waals surface area contributed by atoms with Gasteiger partial charge in [-0.2, -0.15) is 0 Å². The molecule has 0 bridgehead atoms. The van der Waals surface area contributed by atoms with Crippen LogP contribution in [-0.4, -0.2) is 23.4 Å². The first-order valence-electron chi connectivity index (χ1n) is 18.2. The molecule has 0 saturated carbocycles. The molecule has 0 fully saturated rings. The lowest BCUT2D eigenvalue weighted by Gasteiger charge is -2.33. The molecule has 6 aromatic rings. The molecule has 7 rings (SSSR count). The zero-order chi connectivity index (χ0) is 36.1. The van der Waals surface area contributed by atoms with Crippen LogP contribution in [-0.2, 0) is 18.3 Å². The van der Waals surface area contributed by atoms with Gasteiger partial charge in [0.25, 0.3) is 0 Å². The van der Waals surface area contributed by atoms with Crippen molar-refractivity contribution in [3.63, 3.8) is 0 Å². The molecule has 4 heteroatoms. The molecule has 0 aliphatic heterocycles. The summed E-state index contributed by atoms with van der Waals surface area (Å²) in [6.07, 6.45) is 4.14. The number of fused-ring (bicyclic) bond motifs is 3. The first-order chi connectivity index (χ1) is 25.0. The number of benzene rings is 6. The van der Waals surface area contributed by atoms with E-state index in [1.54, 1.807) is 24.3 Å². The van der Waals surface area contributed by atoms with Gasteiger partial charge < -0.3 is 19.7 Å². The predicted octanol–water partition coefficient (Wildman–Crippen LogP) is 12.2. The minimum atomic E-state index is -0.491. The van der Waals surface area contributed by atoms with Crippen LogP contribution in [0, 0.1) is 0 Å². The summed E-state index contributed by atoms with van der Waals surface area (Å²) in [4.78, 5) is 0. The third kappa shape index (κ3) is 8.87. The van der Waals surface area contributed by atoms with Crippen LogP contribution in [0.2, 0.25) is 0 Å². The Kier molecular flexibility index (Phi) is 14.5. The lowest BCUT2D eigenvalue weighted by atomic mass is 9.68. The predicted molar refractivity (Wildman–Crippen MR) is 217 cm³/mol. The van der Waals surface area contributed by atoms with Crippen LogP contribution in [0.3, 0.4) is 0 Å². The van der Waals surface area contributed by atoms with Crippen LogP contribution >= 0.6 is 0 Å². The summed E-state index contributed by atoms with van der Waals surface area (Å²) in [6, 6.07) is 48.5. The molecule has 0 atom stereocenters. The minimum absolute atomic E-state index is 0. The Balaban J connectivity index is 0.000000223. The van der Waals surface area contributed by atoms with Gasteiger partial charge >= 0.3 is 0 Å². The summed E-state index contributed by atoms with van der Waals surface area (Å²) in [5.74, 6) is 2.40. The van der Waals surface area contributed by atoms with Crippen molar-refractivity contribution in [2.24, 2.45) is 0 Å². The van der Waals surface area contributed by atoms with Gasteiger partial charge in [-0.25, -0.2) is 0 Å². The van der Waals surface area contributed by atoms with Gasteiger partial charge in [0, 0.05) is 0 Å². The Bertz CT molecular complexity index is 1780. The van der Waals surface area contributed by atoms with Crippen LogP contribution in [0.25, 0.3) is 11.1 Å². The number of rotatable bonds is 11. The summed E-state index contributed by atoms with van der Waals surface area (Å²) < 4.78 is 11.5. The van der Waals surface area contributed by atoms with Crippen molar-refractivity contribution in [1.82, 2.24) is 0 Å². The molecule has 2 N–H and O–H groups in total. The first-order valence-corrected chi connectivity index (χ1v) is 18.2. The number of phenols is 2. The second-order valence-corrected chi connectivity index (χ2v) is 12.3. The van der Waals surface area contributed by atoms with Gasteiger partial charge in [-0.05, 0) is 119 Å². The van der Waals surface area contributed by atoms with E-state index in [4.69, 9.17) is 9.47 Å². The lowest BCUT2D eigenvalue weighted by Crippen LogP contribution is -2.28. The average molecular weight is 695 g/mol. The highest BCUT2D eigenvalue weighted by Gasteiger charge is 2.45. The normalized spacial score (nSPS) is 11.7. The van der Waals surface area contributed by atoms with Crippen molar-refractivity contribution in [2.45, 2.75) is 66.2 Å². The van der Waals surface area contributed by atoms with Crippen LogP contribution in [0.15, 0.2) is 146 Å². The van der Waals surface area contributed by atoms with Crippen LogP contribution in [0.1, 0.15) is 81.3 Å². The van der Waals surface area contributed by atoms with Crippen molar-refractivity contribution in [1.29, 1.82) is 0 Å². The molecule has 0 heterocycles. The first kappa shape index (κ1) is 39.3. The minimum Gasteiger partial charge on any atom is -0.508 e. The van der Waals surface area contributed by atoms with E-state index in [-0.39, 0.29) is 18.9 Å². The van der Waals surface area contributed by atoms with E-state index in [0.29, 0.717) is 0 Å². The quantitative estimate of drug-likeness (QED) is 0.132. The van der Waals surface area contributed by atoms with E-state index < -0.39 is 5.41 Å². The highest BCUT2D eigenvalue weighted by Crippen LogP contribution is 2.56. The molecule has 0 amide bonds. The summed E-state index contributed by atoms with van der Waals surface area (Å²) in [5, 5.41) is 19.7. The molecule has 1 aliphatic carbocycles. The molecule has 1 aliphatic rings. The number of hydrogen-bond acceptors (Lipinski definition) is 4. The van der Waals surface area contributed by atoms with E-state index in [9.17, 15) is 10.2 Å². The highest BCUT2D eigenvalue weighted by atomic mass is 16.5. The van der Waals surface area contributed by atoms with Crippen LogP contribution in [0.4, 0.5) is 0 Å². The maximum absolute atomic E-state index is 9.85. The van der Waals surface area contributed by atoms with Gasteiger partial charge in [-0.1, -0.05) is 132 Å². The van der Waals surface area contributed by atoms with Crippen molar-refractivity contribution >= 4 is 0 Å². The maximum atomic E-state index is 9.85. The summed E-state index contributed by atoms with van der Waals surface area (Å²) in [6.45, 7) is 9.80. The van der Waals surface area contributed by atoms with Crippen LogP contribution in [0.5, 0.6) is 23.0 Å². The largest absolute Gasteiger partial charge is 0.508 e. The van der Waals surface area contributed by atoms with E-state index in [0.717, 1.165) is 61.5 Å². The molecular weight excluding hydrogens is 641 g/mol. The smallest absolute Gasteiger partial charge is 0.119 e. The van der Waals surface area contributed by atoms with Crippen LogP contribution < -0.4 is 9.47 Å². The summed E-state index contributed by atoms with van der Waals surface area (Å²) in [7, 11) is 0. The molecule has 0 radical (unpaired) electrons. The molecule has 52 heavy (non-hydrogen) atoms. The molecular formula is C48H54O4. The van der Waals surface area contributed by atoms with Gasteiger partial charge in [0.15, 0.2) is 0 Å². The summed E-state index contributed by atoms with van der Waals surface area (Å²) in [5.41, 5.74) is 9.22. The fraction of sp³-hybridized carbons (Fsp3) is 0.250. The zero-order valence-electron chi connectivity index (χ0n) is 30.3. The Morgan fingerprint density at radius 1 is 0.462 bits per heavy atom. The number of aromatic hydroxyl groups is 2. The molecule has 0 aromatic heterocycles. The standard InChI is InChI=1S/C25H18O2.C20H26O2.C2H6.CH4/c26-19-13-9-17(10-14-19)25(18-11-15-20(27)16-12-18)23-7-3-1-5-21(23)22-6-2-4-8-24(22)25;1-3-17-7-11-19(12-8-17)21-15-5-6-16-22-20-13-9-18(4-2)10-14-20;1-2;/h1-16,26-27H;7-14H,3-6,15-16H2,1-2H3;1-2H3;1H4. The molecule has 270 valence electrons. The number of aryl methyl sites for hydroxylation is 2. The fourth-order valence-electron chi connectivity index (χ4n) is 6.67. The monoisotopic (exact) mass is 694 g/mol. The van der Waals surface area contributed by atoms with Gasteiger partial charge in [0.2, 0.25) is 0 Å². The Labute approximate surface area is 311 Å². The topological polar surface area (TPSA) is 58.9 Å². The SMILES string of the molecule is C.CC.CCc1ccc(OCCCCOc2ccc(CC)cc2)cc1.Oc1ccc(C2(c3ccc(O)cc3)c3ccccc3-c3ccccc32)cc1. The van der Waals surface area contributed by atoms with Gasteiger partial charge in [0.1, 0.15) is 23.0 Å². The van der Waals surface area contributed by atoms with E-state index in [1.807, 2.05) is 62.4 Å². The van der Waals surface area contributed by atoms with E-state index in [1.165, 1.54) is 33.4 Å². The number of hydrogen-bond donors (Lipinski definition) is 2. The molecule has 0 unspecified atom stereocenters. The third-order valence-corrected chi connectivity index (χ3v) is 9.29. The van der Waals surface area contributed by atoms with Crippen molar-refractivity contribution in [3.8, 4) is 34.1 Å².